The summed E-state index contributed by atoms with van der Waals surface area (Å²) in [5.41, 5.74) is 2.42. The van der Waals surface area contributed by atoms with E-state index in [4.69, 9.17) is 4.74 Å². The van der Waals surface area contributed by atoms with Gasteiger partial charge in [-0.3, -0.25) is 9.59 Å². The van der Waals surface area contributed by atoms with Gasteiger partial charge in [0.25, 0.3) is 11.5 Å². The first kappa shape index (κ1) is 15.5. The molecule has 3 heterocycles. The summed E-state index contributed by atoms with van der Waals surface area (Å²) in [5, 5.41) is 0. The standard InChI is InChI=1S/C16H20N4O3/c1-9-6-12(15(21)19-11(9)3)16(22)20-4-5-23-13(8-20)14-17-7-10(2)18-14/h6-7,13H,4-5,8H2,1-3H3,(H,17,18)(H,19,21). The number of pyridine rings is 1. The van der Waals surface area contributed by atoms with Crippen molar-refractivity contribution < 1.29 is 9.53 Å². The van der Waals surface area contributed by atoms with Crippen LogP contribution in [0.25, 0.3) is 0 Å². The average Bonchev–Trinajstić information content (AvgIpc) is 2.97. The maximum absolute atomic E-state index is 12.7. The summed E-state index contributed by atoms with van der Waals surface area (Å²) in [6.45, 7) is 6.85. The van der Waals surface area contributed by atoms with Crippen molar-refractivity contribution in [2.24, 2.45) is 0 Å². The van der Waals surface area contributed by atoms with Crippen LogP contribution in [0.3, 0.4) is 0 Å². The second kappa shape index (κ2) is 6.00. The number of aromatic amines is 2. The zero-order valence-electron chi connectivity index (χ0n) is 13.5. The minimum Gasteiger partial charge on any atom is -0.367 e. The fourth-order valence-corrected chi connectivity index (χ4v) is 2.65. The molecule has 1 fully saturated rings. The molecule has 2 aromatic heterocycles. The van der Waals surface area contributed by atoms with Gasteiger partial charge in [0.05, 0.1) is 13.2 Å². The maximum Gasteiger partial charge on any atom is 0.261 e. The molecule has 0 spiro atoms. The number of aryl methyl sites for hydroxylation is 3. The molecule has 1 aliphatic rings. The van der Waals surface area contributed by atoms with Crippen LogP contribution in [-0.4, -0.2) is 45.5 Å². The van der Waals surface area contributed by atoms with Gasteiger partial charge in [0.15, 0.2) is 0 Å². The molecular weight excluding hydrogens is 296 g/mol. The molecule has 2 aromatic rings. The van der Waals surface area contributed by atoms with Crippen LogP contribution in [0.1, 0.15) is 39.2 Å². The van der Waals surface area contributed by atoms with Crippen LogP contribution in [-0.2, 0) is 4.74 Å². The lowest BCUT2D eigenvalue weighted by Gasteiger charge is -2.32. The third-order valence-corrected chi connectivity index (χ3v) is 4.11. The van der Waals surface area contributed by atoms with E-state index >= 15 is 0 Å². The van der Waals surface area contributed by atoms with Crippen molar-refractivity contribution >= 4 is 5.91 Å². The van der Waals surface area contributed by atoms with E-state index < -0.39 is 0 Å². The van der Waals surface area contributed by atoms with E-state index in [-0.39, 0.29) is 23.1 Å². The highest BCUT2D eigenvalue weighted by molar-refractivity contribution is 5.94. The molecule has 3 rings (SSSR count). The summed E-state index contributed by atoms with van der Waals surface area (Å²) < 4.78 is 5.69. The van der Waals surface area contributed by atoms with Crippen LogP contribution in [0.5, 0.6) is 0 Å². The summed E-state index contributed by atoms with van der Waals surface area (Å²) >= 11 is 0. The zero-order valence-corrected chi connectivity index (χ0v) is 13.5. The van der Waals surface area contributed by atoms with Crippen LogP contribution in [0.2, 0.25) is 0 Å². The van der Waals surface area contributed by atoms with Crippen molar-refractivity contribution in [2.75, 3.05) is 19.7 Å². The Labute approximate surface area is 133 Å². The monoisotopic (exact) mass is 316 g/mol. The first-order chi connectivity index (χ1) is 11.0. The molecule has 1 saturated heterocycles. The summed E-state index contributed by atoms with van der Waals surface area (Å²) in [6, 6.07) is 1.65. The number of nitrogens with zero attached hydrogens (tertiary/aromatic N) is 2. The van der Waals surface area contributed by atoms with E-state index in [0.29, 0.717) is 25.5 Å². The van der Waals surface area contributed by atoms with Gasteiger partial charge >= 0.3 is 0 Å². The molecule has 0 aromatic carbocycles. The van der Waals surface area contributed by atoms with Gasteiger partial charge in [-0.25, -0.2) is 4.98 Å². The number of carbonyl (C=O) groups is 1. The Morgan fingerprint density at radius 3 is 2.83 bits per heavy atom. The van der Waals surface area contributed by atoms with Crippen molar-refractivity contribution in [3.63, 3.8) is 0 Å². The Balaban J connectivity index is 1.82. The lowest BCUT2D eigenvalue weighted by molar-refractivity contribution is -0.0265. The van der Waals surface area contributed by atoms with Gasteiger partial charge in [0.1, 0.15) is 17.5 Å². The fourth-order valence-electron chi connectivity index (χ4n) is 2.65. The average molecular weight is 316 g/mol. The Morgan fingerprint density at radius 2 is 2.13 bits per heavy atom. The second-order valence-electron chi connectivity index (χ2n) is 5.88. The lowest BCUT2D eigenvalue weighted by Crippen LogP contribution is -2.44. The summed E-state index contributed by atoms with van der Waals surface area (Å²) in [4.78, 5) is 36.5. The number of hydrogen-bond donors (Lipinski definition) is 2. The fraction of sp³-hybridized carbons (Fsp3) is 0.438. The Bertz CT molecular complexity index is 793. The molecule has 1 unspecified atom stereocenters. The molecule has 0 bridgehead atoms. The molecule has 7 heteroatoms. The normalized spacial score (nSPS) is 18.2. The molecule has 0 saturated carbocycles. The van der Waals surface area contributed by atoms with Gasteiger partial charge < -0.3 is 19.6 Å². The third-order valence-electron chi connectivity index (χ3n) is 4.11. The number of H-pyrrole nitrogens is 2. The quantitative estimate of drug-likeness (QED) is 0.872. The topological polar surface area (TPSA) is 91.1 Å². The first-order valence-corrected chi connectivity index (χ1v) is 7.58. The summed E-state index contributed by atoms with van der Waals surface area (Å²) in [7, 11) is 0. The smallest absolute Gasteiger partial charge is 0.261 e. The minimum absolute atomic E-state index is 0.171. The number of morpholine rings is 1. The number of nitrogens with one attached hydrogen (secondary N) is 2. The number of imidazole rings is 1. The van der Waals surface area contributed by atoms with Gasteiger partial charge in [-0.2, -0.15) is 0 Å². The number of aromatic nitrogens is 3. The molecular formula is C16H20N4O3. The third kappa shape index (κ3) is 3.05. The van der Waals surface area contributed by atoms with Gasteiger partial charge in [-0.05, 0) is 32.4 Å². The van der Waals surface area contributed by atoms with E-state index in [1.54, 1.807) is 17.2 Å². The first-order valence-electron chi connectivity index (χ1n) is 7.58. The van der Waals surface area contributed by atoms with Crippen LogP contribution in [0.15, 0.2) is 17.1 Å². The van der Waals surface area contributed by atoms with Crippen molar-refractivity contribution in [3.8, 4) is 0 Å². The molecule has 7 nitrogen and oxygen atoms in total. The number of ether oxygens (including phenoxy) is 1. The largest absolute Gasteiger partial charge is 0.367 e. The molecule has 122 valence electrons. The van der Waals surface area contributed by atoms with Gasteiger partial charge in [0.2, 0.25) is 0 Å². The van der Waals surface area contributed by atoms with Crippen LogP contribution in [0.4, 0.5) is 0 Å². The van der Waals surface area contributed by atoms with E-state index in [1.807, 2.05) is 20.8 Å². The second-order valence-corrected chi connectivity index (χ2v) is 5.88. The van der Waals surface area contributed by atoms with Crippen molar-refractivity contribution in [3.05, 3.63) is 51.0 Å². The number of amides is 1. The van der Waals surface area contributed by atoms with Crippen molar-refractivity contribution in [1.29, 1.82) is 0 Å². The van der Waals surface area contributed by atoms with Gasteiger partial charge in [0, 0.05) is 24.1 Å². The Kier molecular flexibility index (Phi) is 4.04. The van der Waals surface area contributed by atoms with Crippen molar-refractivity contribution in [1.82, 2.24) is 19.9 Å². The highest BCUT2D eigenvalue weighted by atomic mass is 16.5. The summed E-state index contributed by atoms with van der Waals surface area (Å²) in [6.07, 6.45) is 1.43. The SMILES string of the molecule is Cc1cnc(C2CN(C(=O)c3cc(C)c(C)[nH]c3=O)CCO2)[nH]1. The molecule has 0 radical (unpaired) electrons. The Morgan fingerprint density at radius 1 is 1.35 bits per heavy atom. The zero-order chi connectivity index (χ0) is 16.6. The maximum atomic E-state index is 12.7. The molecule has 1 aliphatic heterocycles. The summed E-state index contributed by atoms with van der Waals surface area (Å²) in [5.74, 6) is 0.430. The molecule has 2 N–H and O–H groups in total. The number of hydrogen-bond acceptors (Lipinski definition) is 4. The van der Waals surface area contributed by atoms with E-state index in [0.717, 1.165) is 17.0 Å². The van der Waals surface area contributed by atoms with E-state index in [9.17, 15) is 9.59 Å². The molecule has 1 amide bonds. The van der Waals surface area contributed by atoms with Gasteiger partial charge in [-0.15, -0.1) is 0 Å². The van der Waals surface area contributed by atoms with Gasteiger partial charge in [-0.1, -0.05) is 0 Å². The van der Waals surface area contributed by atoms with E-state index in [2.05, 4.69) is 15.0 Å². The molecule has 1 atom stereocenters. The van der Waals surface area contributed by atoms with Crippen LogP contribution >= 0.6 is 0 Å². The lowest BCUT2D eigenvalue weighted by atomic mass is 10.1. The Hall–Kier alpha value is -2.41. The minimum atomic E-state index is -0.352. The van der Waals surface area contributed by atoms with Crippen LogP contribution in [0, 0.1) is 20.8 Å². The predicted octanol–water partition coefficient (Wildman–Crippen LogP) is 1.24. The van der Waals surface area contributed by atoms with Crippen molar-refractivity contribution in [2.45, 2.75) is 26.9 Å². The number of rotatable bonds is 2. The number of carbonyl (C=O) groups excluding carboxylic acids is 1. The van der Waals surface area contributed by atoms with E-state index in [1.165, 1.54) is 0 Å². The highest BCUT2D eigenvalue weighted by Gasteiger charge is 2.29. The molecule has 0 aliphatic carbocycles. The predicted molar refractivity (Wildman–Crippen MR) is 84.5 cm³/mol. The van der Waals surface area contributed by atoms with Crippen LogP contribution < -0.4 is 5.56 Å². The highest BCUT2D eigenvalue weighted by Crippen LogP contribution is 2.20. The molecule has 23 heavy (non-hydrogen) atoms.